The lowest BCUT2D eigenvalue weighted by molar-refractivity contribution is 0.0961. The van der Waals surface area contributed by atoms with E-state index >= 15 is 0 Å². The molecule has 2 heteroatoms. The molecule has 140 valence electrons. The summed E-state index contributed by atoms with van der Waals surface area (Å²) in [6, 6.07) is 0. The van der Waals surface area contributed by atoms with Crippen molar-refractivity contribution in [2.24, 2.45) is 23.2 Å². The van der Waals surface area contributed by atoms with Gasteiger partial charge in [0, 0.05) is 0 Å². The van der Waals surface area contributed by atoms with Crippen LogP contribution in [0.1, 0.15) is 72.1 Å². The van der Waals surface area contributed by atoms with Gasteiger partial charge in [0.1, 0.15) is 0 Å². The van der Waals surface area contributed by atoms with E-state index in [1.165, 1.54) is 38.5 Å². The minimum Gasteiger partial charge on any atom is -0.388 e. The van der Waals surface area contributed by atoms with Crippen molar-refractivity contribution in [2.45, 2.75) is 84.3 Å². The van der Waals surface area contributed by atoms with Crippen molar-refractivity contribution in [3.05, 3.63) is 35.5 Å². The van der Waals surface area contributed by atoms with Crippen molar-refractivity contribution in [2.75, 3.05) is 0 Å². The van der Waals surface area contributed by atoms with Crippen LogP contribution < -0.4 is 0 Å². The minimum atomic E-state index is -0.591. The molecule has 0 radical (unpaired) electrons. The molecule has 3 saturated carbocycles. The summed E-state index contributed by atoms with van der Waals surface area (Å²) in [7, 11) is 0. The van der Waals surface area contributed by atoms with Gasteiger partial charge >= 0.3 is 0 Å². The summed E-state index contributed by atoms with van der Waals surface area (Å²) in [6.45, 7) is 11.1. The molecule has 3 aliphatic rings. The molecule has 25 heavy (non-hydrogen) atoms. The Balaban J connectivity index is 1.78. The summed E-state index contributed by atoms with van der Waals surface area (Å²) in [5, 5.41) is 20.1. The molecule has 3 fully saturated rings. The number of rotatable bonds is 3. The Morgan fingerprint density at radius 2 is 1.88 bits per heavy atom. The maximum atomic E-state index is 10.0. The summed E-state index contributed by atoms with van der Waals surface area (Å²) in [5.41, 5.74) is 3.81. The van der Waals surface area contributed by atoms with Crippen molar-refractivity contribution in [3.63, 3.8) is 0 Å². The lowest BCUT2D eigenvalue weighted by atomic mass is 9.61. The molecule has 0 bridgehead atoms. The Labute approximate surface area is 153 Å². The lowest BCUT2D eigenvalue weighted by Gasteiger charge is -2.44. The Kier molecular flexibility index (Phi) is 5.60. The van der Waals surface area contributed by atoms with Crippen molar-refractivity contribution in [1.29, 1.82) is 0 Å². The third-order valence-corrected chi connectivity index (χ3v) is 7.67. The van der Waals surface area contributed by atoms with E-state index in [0.29, 0.717) is 23.8 Å². The molecule has 0 amide bonds. The SMILES string of the molecule is C=C1C(O)CC(=C/C=C2\CCCC3(C)[C@@H](C(C)CC)CC[C@@H]23)C[C@H]1O. The van der Waals surface area contributed by atoms with Gasteiger partial charge in [-0.25, -0.2) is 0 Å². The molecule has 0 aromatic rings. The van der Waals surface area contributed by atoms with Crippen LogP contribution in [0, 0.1) is 23.2 Å². The van der Waals surface area contributed by atoms with E-state index in [4.69, 9.17) is 0 Å². The van der Waals surface area contributed by atoms with Crippen LogP contribution in [0.5, 0.6) is 0 Å². The third kappa shape index (κ3) is 3.53. The molecule has 0 aliphatic heterocycles. The quantitative estimate of drug-likeness (QED) is 0.693. The van der Waals surface area contributed by atoms with Gasteiger partial charge in [-0.1, -0.05) is 57.1 Å². The zero-order valence-corrected chi connectivity index (χ0v) is 16.3. The molecular weight excluding hydrogens is 308 g/mol. The number of hydrogen-bond acceptors (Lipinski definition) is 2. The zero-order chi connectivity index (χ0) is 18.2. The number of hydrogen-bond donors (Lipinski definition) is 2. The predicted molar refractivity (Wildman–Crippen MR) is 104 cm³/mol. The van der Waals surface area contributed by atoms with E-state index in [1.54, 1.807) is 5.57 Å². The molecule has 0 saturated heterocycles. The summed E-state index contributed by atoms with van der Waals surface area (Å²) < 4.78 is 0. The van der Waals surface area contributed by atoms with Gasteiger partial charge in [0.05, 0.1) is 12.2 Å². The fourth-order valence-corrected chi connectivity index (χ4v) is 5.92. The highest BCUT2D eigenvalue weighted by molar-refractivity contribution is 5.29. The summed E-state index contributed by atoms with van der Waals surface area (Å²) >= 11 is 0. The van der Waals surface area contributed by atoms with Crippen molar-refractivity contribution in [3.8, 4) is 0 Å². The monoisotopic (exact) mass is 344 g/mol. The van der Waals surface area contributed by atoms with Gasteiger partial charge in [0.15, 0.2) is 0 Å². The van der Waals surface area contributed by atoms with Crippen LogP contribution in [-0.2, 0) is 0 Å². The summed E-state index contributed by atoms with van der Waals surface area (Å²) in [5.74, 6) is 2.41. The average Bonchev–Trinajstić information content (AvgIpc) is 2.94. The summed E-state index contributed by atoms with van der Waals surface area (Å²) in [4.78, 5) is 0. The molecule has 3 rings (SSSR count). The first-order chi connectivity index (χ1) is 11.9. The second kappa shape index (κ2) is 7.40. The van der Waals surface area contributed by atoms with Gasteiger partial charge in [-0.3, -0.25) is 0 Å². The van der Waals surface area contributed by atoms with E-state index in [1.807, 2.05) is 0 Å². The molecule has 0 spiro atoms. The molecule has 6 atom stereocenters. The van der Waals surface area contributed by atoms with Gasteiger partial charge in [-0.15, -0.1) is 0 Å². The Bertz CT molecular complexity index is 557. The maximum absolute atomic E-state index is 10.0. The molecule has 0 aromatic carbocycles. The first-order valence-corrected chi connectivity index (χ1v) is 10.3. The van der Waals surface area contributed by atoms with Crippen LogP contribution in [0.2, 0.25) is 0 Å². The van der Waals surface area contributed by atoms with E-state index in [-0.39, 0.29) is 0 Å². The highest BCUT2D eigenvalue weighted by Gasteiger charge is 2.50. The van der Waals surface area contributed by atoms with Gasteiger partial charge in [-0.2, -0.15) is 0 Å². The van der Waals surface area contributed by atoms with Gasteiger partial charge in [0.2, 0.25) is 0 Å². The molecule has 0 heterocycles. The standard InChI is InChI=1S/C23H36O2/c1-5-15(2)19-10-11-20-18(7-6-12-23(19,20)4)9-8-17-13-21(24)16(3)22(25)14-17/h8-9,15,19-22,24-25H,3,5-7,10-14H2,1-2,4H3/b17-8?,18-9+/t15?,19-,20+,21-,22?,23?/m1/s1. The molecule has 0 aromatic heterocycles. The summed E-state index contributed by atoms with van der Waals surface area (Å²) in [6.07, 6.45) is 12.5. The van der Waals surface area contributed by atoms with E-state index in [0.717, 1.165) is 23.3 Å². The average molecular weight is 345 g/mol. The first kappa shape index (κ1) is 18.9. The Morgan fingerprint density at radius 1 is 1.20 bits per heavy atom. The van der Waals surface area contributed by atoms with Crippen LogP contribution in [-0.4, -0.2) is 22.4 Å². The molecular formula is C23H36O2. The van der Waals surface area contributed by atoms with Gasteiger partial charge in [0.25, 0.3) is 0 Å². The van der Waals surface area contributed by atoms with E-state index in [9.17, 15) is 10.2 Å². The largest absolute Gasteiger partial charge is 0.388 e. The normalized spacial score (nSPS) is 43.5. The lowest BCUT2D eigenvalue weighted by Crippen LogP contribution is -2.35. The second-order valence-corrected chi connectivity index (χ2v) is 9.06. The number of fused-ring (bicyclic) bond motifs is 1. The van der Waals surface area contributed by atoms with Crippen LogP contribution in [0.15, 0.2) is 35.5 Å². The fraction of sp³-hybridized carbons (Fsp3) is 0.739. The zero-order valence-electron chi connectivity index (χ0n) is 16.3. The topological polar surface area (TPSA) is 40.5 Å². The third-order valence-electron chi connectivity index (χ3n) is 7.67. The molecule has 2 N–H and O–H groups in total. The maximum Gasteiger partial charge on any atom is 0.0809 e. The van der Waals surface area contributed by atoms with E-state index < -0.39 is 12.2 Å². The number of aliphatic hydroxyl groups is 2. The van der Waals surface area contributed by atoms with Crippen LogP contribution in [0.4, 0.5) is 0 Å². The van der Waals surface area contributed by atoms with E-state index in [2.05, 4.69) is 39.5 Å². The van der Waals surface area contributed by atoms with Crippen molar-refractivity contribution in [1.82, 2.24) is 0 Å². The first-order valence-electron chi connectivity index (χ1n) is 10.3. The van der Waals surface area contributed by atoms with Crippen molar-refractivity contribution >= 4 is 0 Å². The highest BCUT2D eigenvalue weighted by Crippen LogP contribution is 2.59. The molecule has 3 unspecified atom stereocenters. The smallest absolute Gasteiger partial charge is 0.0809 e. The van der Waals surface area contributed by atoms with Crippen LogP contribution in [0.3, 0.4) is 0 Å². The molecule has 3 aliphatic carbocycles. The highest BCUT2D eigenvalue weighted by atomic mass is 16.3. The second-order valence-electron chi connectivity index (χ2n) is 9.06. The predicted octanol–water partition coefficient (Wildman–Crippen LogP) is 5.17. The molecule has 2 nitrogen and oxygen atoms in total. The van der Waals surface area contributed by atoms with Crippen molar-refractivity contribution < 1.29 is 10.2 Å². The van der Waals surface area contributed by atoms with Gasteiger partial charge in [-0.05, 0) is 73.7 Å². The minimum absolute atomic E-state index is 0.470. The number of allylic oxidation sites excluding steroid dienone is 3. The Morgan fingerprint density at radius 3 is 2.52 bits per heavy atom. The number of aliphatic hydroxyl groups excluding tert-OH is 2. The van der Waals surface area contributed by atoms with Crippen LogP contribution >= 0.6 is 0 Å². The fourth-order valence-electron chi connectivity index (χ4n) is 5.92. The Hall–Kier alpha value is -0.860. The van der Waals surface area contributed by atoms with Crippen LogP contribution in [0.25, 0.3) is 0 Å². The van der Waals surface area contributed by atoms with Gasteiger partial charge < -0.3 is 10.2 Å².